The standard InChI is InChI=1S/C38H41ClF5N3O8/c1-21(2)30(32(49)38(42,43)44)46-34(51)31(23-12-16-26(53-6)17-13-23)47-33(50)28(45-35(52)37(40,41)24-8-7-9-25(39)19-24)18-22-10-14-27(15-11-22)54-20-29(48)55-36(3,4)5/h7-17,19,21,28,30-31H,18,20H2,1-6H3,(H,45,52)(H,46,51)(H,47,50)/t28-,30-,31-/m0/s1. The molecule has 0 unspecified atom stereocenters. The van der Waals surface area contributed by atoms with E-state index in [0.29, 0.717) is 5.75 Å². The molecule has 0 bridgehead atoms. The van der Waals surface area contributed by atoms with Crippen molar-refractivity contribution in [1.82, 2.24) is 16.0 Å². The van der Waals surface area contributed by atoms with Gasteiger partial charge in [0.2, 0.25) is 11.8 Å². The van der Waals surface area contributed by atoms with Crippen molar-refractivity contribution in [3.8, 4) is 11.5 Å². The highest BCUT2D eigenvalue weighted by atomic mass is 35.5. The van der Waals surface area contributed by atoms with Gasteiger partial charge in [-0.1, -0.05) is 61.8 Å². The van der Waals surface area contributed by atoms with Crippen molar-refractivity contribution in [3.63, 3.8) is 0 Å². The first-order valence-corrected chi connectivity index (χ1v) is 17.1. The molecule has 0 aliphatic rings. The van der Waals surface area contributed by atoms with Crippen molar-refractivity contribution < 1.29 is 60.1 Å². The minimum atomic E-state index is -5.30. The Morgan fingerprint density at radius 3 is 1.91 bits per heavy atom. The van der Waals surface area contributed by atoms with E-state index in [2.05, 4.69) is 10.6 Å². The quantitative estimate of drug-likeness (QED) is 0.118. The zero-order valence-electron chi connectivity index (χ0n) is 30.7. The van der Waals surface area contributed by atoms with Crippen molar-refractivity contribution in [2.45, 2.75) is 76.9 Å². The maximum Gasteiger partial charge on any atom is 0.452 e. The molecule has 3 atom stereocenters. The van der Waals surface area contributed by atoms with Crippen LogP contribution < -0.4 is 25.4 Å². The van der Waals surface area contributed by atoms with E-state index in [1.807, 2.05) is 5.32 Å². The van der Waals surface area contributed by atoms with Gasteiger partial charge in [-0.15, -0.1) is 0 Å². The Morgan fingerprint density at radius 1 is 0.782 bits per heavy atom. The molecule has 0 saturated carbocycles. The molecule has 0 aromatic heterocycles. The van der Waals surface area contributed by atoms with Crippen LogP contribution in [0.4, 0.5) is 22.0 Å². The number of ether oxygens (including phenoxy) is 3. The van der Waals surface area contributed by atoms with Crippen LogP contribution in [0.15, 0.2) is 72.8 Å². The fraction of sp³-hybridized carbons (Fsp3) is 0.395. The third kappa shape index (κ3) is 12.9. The zero-order chi connectivity index (χ0) is 41.3. The second-order valence-electron chi connectivity index (χ2n) is 13.6. The molecule has 3 amide bonds. The fourth-order valence-corrected chi connectivity index (χ4v) is 5.22. The molecule has 0 fully saturated rings. The number of esters is 1. The zero-order valence-corrected chi connectivity index (χ0v) is 31.4. The van der Waals surface area contributed by atoms with Crippen LogP contribution in [0, 0.1) is 5.92 Å². The van der Waals surface area contributed by atoms with Crippen LogP contribution in [-0.4, -0.2) is 67.1 Å². The Morgan fingerprint density at radius 2 is 1.38 bits per heavy atom. The van der Waals surface area contributed by atoms with Crippen LogP contribution in [0.3, 0.4) is 0 Å². The molecule has 11 nitrogen and oxygen atoms in total. The minimum absolute atomic E-state index is 0.00874. The lowest BCUT2D eigenvalue weighted by Crippen LogP contribution is -2.56. The predicted octanol–water partition coefficient (Wildman–Crippen LogP) is 6.02. The van der Waals surface area contributed by atoms with Gasteiger partial charge < -0.3 is 30.2 Å². The first-order chi connectivity index (χ1) is 25.5. The number of halogens is 6. The Balaban J connectivity index is 1.98. The summed E-state index contributed by atoms with van der Waals surface area (Å²) < 4.78 is 87.0. The first-order valence-electron chi connectivity index (χ1n) is 16.8. The van der Waals surface area contributed by atoms with E-state index in [1.165, 1.54) is 81.6 Å². The van der Waals surface area contributed by atoms with Gasteiger partial charge in [0.05, 0.1) is 13.2 Å². The van der Waals surface area contributed by atoms with E-state index in [-0.39, 0.29) is 21.9 Å². The van der Waals surface area contributed by atoms with Gasteiger partial charge in [-0.2, -0.15) is 22.0 Å². The molecule has 0 spiro atoms. The molecule has 298 valence electrons. The Hall–Kier alpha value is -5.25. The van der Waals surface area contributed by atoms with Crippen molar-refractivity contribution >= 4 is 41.1 Å². The van der Waals surface area contributed by atoms with Crippen LogP contribution in [0.5, 0.6) is 11.5 Å². The number of hydrogen-bond donors (Lipinski definition) is 3. The van der Waals surface area contributed by atoms with Crippen LogP contribution in [-0.2, 0) is 41.1 Å². The number of benzene rings is 3. The molecular weight excluding hydrogens is 757 g/mol. The maximum absolute atomic E-state index is 15.5. The monoisotopic (exact) mass is 797 g/mol. The molecule has 3 rings (SSSR count). The van der Waals surface area contributed by atoms with E-state index < -0.39 is 89.8 Å². The molecule has 17 heteroatoms. The SMILES string of the molecule is COc1ccc([C@H](NC(=O)[C@H](Cc2ccc(OCC(=O)OC(C)(C)C)cc2)NC(=O)C(F)(F)c2cccc(Cl)c2)C(=O)N[C@H](C(=O)C(F)(F)F)C(C)C)cc1. The van der Waals surface area contributed by atoms with Gasteiger partial charge >= 0.3 is 18.1 Å². The number of Topliss-reactive ketones (excluding diaryl/α,β-unsaturated/α-hetero) is 1. The van der Waals surface area contributed by atoms with E-state index in [4.69, 9.17) is 25.8 Å². The summed E-state index contributed by atoms with van der Waals surface area (Å²) in [6.07, 6.45) is -5.76. The summed E-state index contributed by atoms with van der Waals surface area (Å²) >= 11 is 5.87. The summed E-state index contributed by atoms with van der Waals surface area (Å²) in [6, 6.07) is 9.74. The van der Waals surface area contributed by atoms with Crippen LogP contribution >= 0.6 is 11.6 Å². The first kappa shape index (κ1) is 44.1. The molecular formula is C38H41ClF5N3O8. The fourth-order valence-electron chi connectivity index (χ4n) is 5.03. The van der Waals surface area contributed by atoms with Crippen molar-refractivity contribution in [1.29, 1.82) is 0 Å². The number of methoxy groups -OCH3 is 1. The lowest BCUT2D eigenvalue weighted by molar-refractivity contribution is -0.175. The molecule has 3 aromatic carbocycles. The highest BCUT2D eigenvalue weighted by molar-refractivity contribution is 6.30. The van der Waals surface area contributed by atoms with E-state index in [1.54, 1.807) is 20.8 Å². The highest BCUT2D eigenvalue weighted by Gasteiger charge is 2.46. The third-order valence-electron chi connectivity index (χ3n) is 7.76. The molecule has 0 heterocycles. The smallest absolute Gasteiger partial charge is 0.452 e. The molecule has 0 aliphatic carbocycles. The summed E-state index contributed by atoms with van der Waals surface area (Å²) in [7, 11) is 1.35. The van der Waals surface area contributed by atoms with Crippen LogP contribution in [0.1, 0.15) is 57.4 Å². The van der Waals surface area contributed by atoms with Crippen molar-refractivity contribution in [2.75, 3.05) is 13.7 Å². The number of hydrogen-bond acceptors (Lipinski definition) is 8. The van der Waals surface area contributed by atoms with E-state index in [9.17, 15) is 37.1 Å². The third-order valence-corrected chi connectivity index (χ3v) is 7.99. The Kier molecular flexibility index (Phi) is 14.8. The second kappa shape index (κ2) is 18.4. The van der Waals surface area contributed by atoms with E-state index in [0.717, 1.165) is 12.1 Å². The summed E-state index contributed by atoms with van der Waals surface area (Å²) in [5.74, 6) is -12.0. The number of carbonyl (C=O) groups is 5. The van der Waals surface area contributed by atoms with Gasteiger partial charge in [0.1, 0.15) is 29.2 Å². The number of alkyl halides is 5. The van der Waals surface area contributed by atoms with Crippen LogP contribution in [0.25, 0.3) is 0 Å². The number of nitrogens with one attached hydrogen (secondary N) is 3. The lowest BCUT2D eigenvalue weighted by Gasteiger charge is -2.28. The number of ketones is 1. The lowest BCUT2D eigenvalue weighted by atomic mass is 9.97. The molecule has 3 aromatic rings. The summed E-state index contributed by atoms with van der Waals surface area (Å²) in [5, 5.41) is 6.32. The summed E-state index contributed by atoms with van der Waals surface area (Å²) in [6.45, 7) is 7.15. The van der Waals surface area contributed by atoms with Gasteiger partial charge in [-0.05, 0) is 74.2 Å². The molecule has 0 radical (unpaired) electrons. The number of carbonyl (C=O) groups excluding carboxylic acids is 5. The van der Waals surface area contributed by atoms with Gasteiger partial charge in [0.15, 0.2) is 6.61 Å². The molecule has 55 heavy (non-hydrogen) atoms. The molecule has 3 N–H and O–H groups in total. The van der Waals surface area contributed by atoms with Gasteiger partial charge in [0.25, 0.3) is 11.7 Å². The van der Waals surface area contributed by atoms with Gasteiger partial charge in [-0.3, -0.25) is 19.2 Å². The average molecular weight is 798 g/mol. The molecule has 0 saturated heterocycles. The Bertz CT molecular complexity index is 1830. The maximum atomic E-state index is 15.5. The highest BCUT2D eigenvalue weighted by Crippen LogP contribution is 2.31. The van der Waals surface area contributed by atoms with Crippen molar-refractivity contribution in [3.05, 3.63) is 94.5 Å². The summed E-state index contributed by atoms with van der Waals surface area (Å²) in [4.78, 5) is 65.0. The second-order valence-corrected chi connectivity index (χ2v) is 14.1. The Labute approximate surface area is 319 Å². The van der Waals surface area contributed by atoms with Crippen molar-refractivity contribution in [2.24, 2.45) is 5.92 Å². The van der Waals surface area contributed by atoms with Gasteiger partial charge in [0, 0.05) is 17.0 Å². The van der Waals surface area contributed by atoms with Gasteiger partial charge in [-0.25, -0.2) is 4.79 Å². The largest absolute Gasteiger partial charge is 0.497 e. The topological polar surface area (TPSA) is 149 Å². The minimum Gasteiger partial charge on any atom is -0.497 e. The normalized spacial score (nSPS) is 13.5. The van der Waals surface area contributed by atoms with Crippen LogP contribution in [0.2, 0.25) is 5.02 Å². The summed E-state index contributed by atoms with van der Waals surface area (Å²) in [5.41, 5.74) is -1.24. The molecule has 0 aliphatic heterocycles. The number of rotatable bonds is 16. The van der Waals surface area contributed by atoms with E-state index >= 15 is 8.78 Å². The number of amides is 3. The average Bonchev–Trinajstić information content (AvgIpc) is 3.10. The predicted molar refractivity (Wildman–Crippen MR) is 190 cm³/mol.